The number of hydrogen-bond donors (Lipinski definition) is 1. The van der Waals surface area contributed by atoms with Crippen LogP contribution in [0.25, 0.3) is 0 Å². The van der Waals surface area contributed by atoms with Gasteiger partial charge in [0.1, 0.15) is 11.5 Å². The molecule has 1 aliphatic heterocycles. The SMILES string of the molecule is COc1ccc(OC)c(N2CC(C(=O)Nc3ccc(Cl)cc3)CC2=O)c1. The van der Waals surface area contributed by atoms with Crippen LogP contribution in [0.3, 0.4) is 0 Å². The number of methoxy groups -OCH3 is 2. The summed E-state index contributed by atoms with van der Waals surface area (Å²) in [6, 6.07) is 12.1. The summed E-state index contributed by atoms with van der Waals surface area (Å²) in [6.07, 6.45) is 0.139. The monoisotopic (exact) mass is 374 g/mol. The highest BCUT2D eigenvalue weighted by Crippen LogP contribution is 2.36. The van der Waals surface area contributed by atoms with Crippen molar-refractivity contribution in [1.82, 2.24) is 0 Å². The molecule has 0 aliphatic carbocycles. The van der Waals surface area contributed by atoms with E-state index >= 15 is 0 Å². The van der Waals surface area contributed by atoms with E-state index in [9.17, 15) is 9.59 Å². The minimum absolute atomic E-state index is 0.132. The van der Waals surface area contributed by atoms with Gasteiger partial charge in [-0.3, -0.25) is 9.59 Å². The number of amides is 2. The second kappa shape index (κ2) is 7.66. The fourth-order valence-corrected chi connectivity index (χ4v) is 3.03. The van der Waals surface area contributed by atoms with Gasteiger partial charge in [0.25, 0.3) is 0 Å². The Labute approximate surface area is 156 Å². The lowest BCUT2D eigenvalue weighted by atomic mass is 10.1. The van der Waals surface area contributed by atoms with Crippen LogP contribution in [-0.4, -0.2) is 32.6 Å². The molecule has 0 radical (unpaired) electrons. The molecule has 2 aromatic rings. The van der Waals surface area contributed by atoms with Gasteiger partial charge in [0.15, 0.2) is 0 Å². The highest BCUT2D eigenvalue weighted by Gasteiger charge is 2.36. The molecule has 0 aromatic heterocycles. The van der Waals surface area contributed by atoms with Crippen molar-refractivity contribution in [3.8, 4) is 11.5 Å². The van der Waals surface area contributed by atoms with Gasteiger partial charge in [-0.1, -0.05) is 11.6 Å². The van der Waals surface area contributed by atoms with Crippen LogP contribution in [0.1, 0.15) is 6.42 Å². The van der Waals surface area contributed by atoms with E-state index in [4.69, 9.17) is 21.1 Å². The minimum Gasteiger partial charge on any atom is -0.497 e. The average molecular weight is 375 g/mol. The topological polar surface area (TPSA) is 67.9 Å². The summed E-state index contributed by atoms with van der Waals surface area (Å²) in [4.78, 5) is 26.6. The van der Waals surface area contributed by atoms with Gasteiger partial charge >= 0.3 is 0 Å². The smallest absolute Gasteiger partial charge is 0.229 e. The fraction of sp³-hybridized carbons (Fsp3) is 0.263. The summed E-state index contributed by atoms with van der Waals surface area (Å²) >= 11 is 5.85. The second-order valence-corrected chi connectivity index (χ2v) is 6.38. The molecule has 1 fully saturated rings. The number of carbonyl (C=O) groups excluding carboxylic acids is 2. The Balaban J connectivity index is 1.76. The summed E-state index contributed by atoms with van der Waals surface area (Å²) in [6.45, 7) is 0.280. The first-order valence-corrected chi connectivity index (χ1v) is 8.48. The molecule has 3 rings (SSSR count). The summed E-state index contributed by atoms with van der Waals surface area (Å²) in [5, 5.41) is 3.42. The Morgan fingerprint density at radius 1 is 1.15 bits per heavy atom. The van der Waals surface area contributed by atoms with Gasteiger partial charge in [0.05, 0.1) is 25.8 Å². The van der Waals surface area contributed by atoms with Crippen LogP contribution in [-0.2, 0) is 9.59 Å². The van der Waals surface area contributed by atoms with Crippen molar-refractivity contribution >= 4 is 34.8 Å². The summed E-state index contributed by atoms with van der Waals surface area (Å²) in [5.74, 6) is 0.382. The molecule has 1 saturated heterocycles. The summed E-state index contributed by atoms with van der Waals surface area (Å²) < 4.78 is 10.6. The Morgan fingerprint density at radius 3 is 2.54 bits per heavy atom. The first-order valence-electron chi connectivity index (χ1n) is 8.10. The minimum atomic E-state index is -0.450. The third-order valence-corrected chi connectivity index (χ3v) is 4.54. The average Bonchev–Trinajstić information content (AvgIpc) is 3.04. The first kappa shape index (κ1) is 18.1. The number of hydrogen-bond acceptors (Lipinski definition) is 4. The maximum absolute atomic E-state index is 12.5. The molecule has 2 aromatic carbocycles. The van der Waals surface area contributed by atoms with Crippen LogP contribution in [0.4, 0.5) is 11.4 Å². The highest BCUT2D eigenvalue weighted by molar-refractivity contribution is 6.30. The first-order chi connectivity index (χ1) is 12.5. The number of benzene rings is 2. The predicted octanol–water partition coefficient (Wildman–Crippen LogP) is 3.35. The van der Waals surface area contributed by atoms with Crippen molar-refractivity contribution in [2.45, 2.75) is 6.42 Å². The van der Waals surface area contributed by atoms with E-state index in [-0.39, 0.29) is 24.8 Å². The molecule has 1 unspecified atom stereocenters. The van der Waals surface area contributed by atoms with Crippen molar-refractivity contribution in [1.29, 1.82) is 0 Å². The fourth-order valence-electron chi connectivity index (χ4n) is 2.90. The van der Waals surface area contributed by atoms with E-state index in [1.54, 1.807) is 54.5 Å². The normalized spacial score (nSPS) is 16.5. The molecular formula is C19H19ClN2O4. The zero-order valence-corrected chi connectivity index (χ0v) is 15.2. The van der Waals surface area contributed by atoms with Crippen molar-refractivity contribution in [2.24, 2.45) is 5.92 Å². The molecule has 1 atom stereocenters. The van der Waals surface area contributed by atoms with Crippen molar-refractivity contribution in [3.63, 3.8) is 0 Å². The molecule has 1 aliphatic rings. The number of rotatable bonds is 5. The van der Waals surface area contributed by atoms with Gasteiger partial charge in [-0.2, -0.15) is 0 Å². The number of nitrogens with zero attached hydrogens (tertiary/aromatic N) is 1. The molecule has 0 bridgehead atoms. The van der Waals surface area contributed by atoms with Gasteiger partial charge in [-0.15, -0.1) is 0 Å². The van der Waals surface area contributed by atoms with Crippen LogP contribution < -0.4 is 19.7 Å². The lowest BCUT2D eigenvalue weighted by molar-refractivity contribution is -0.122. The van der Waals surface area contributed by atoms with Gasteiger partial charge in [-0.25, -0.2) is 0 Å². The second-order valence-electron chi connectivity index (χ2n) is 5.94. The largest absolute Gasteiger partial charge is 0.497 e. The van der Waals surface area contributed by atoms with Gasteiger partial charge in [0, 0.05) is 29.7 Å². The van der Waals surface area contributed by atoms with Crippen LogP contribution in [0.5, 0.6) is 11.5 Å². The van der Waals surface area contributed by atoms with Gasteiger partial charge in [0.2, 0.25) is 11.8 Å². The van der Waals surface area contributed by atoms with Gasteiger partial charge < -0.3 is 19.7 Å². The van der Waals surface area contributed by atoms with E-state index in [2.05, 4.69) is 5.32 Å². The number of carbonyl (C=O) groups is 2. The Kier molecular flexibility index (Phi) is 5.32. The van der Waals surface area contributed by atoms with E-state index in [0.29, 0.717) is 27.9 Å². The Morgan fingerprint density at radius 2 is 1.88 bits per heavy atom. The lowest BCUT2D eigenvalue weighted by Gasteiger charge is -2.20. The summed E-state index contributed by atoms with van der Waals surface area (Å²) in [5.41, 5.74) is 1.24. The maximum atomic E-state index is 12.5. The third-order valence-electron chi connectivity index (χ3n) is 4.28. The lowest BCUT2D eigenvalue weighted by Crippen LogP contribution is -2.28. The predicted molar refractivity (Wildman–Crippen MR) is 100 cm³/mol. The molecule has 136 valence electrons. The highest BCUT2D eigenvalue weighted by atomic mass is 35.5. The van der Waals surface area contributed by atoms with E-state index < -0.39 is 5.92 Å². The molecule has 6 nitrogen and oxygen atoms in total. The number of ether oxygens (including phenoxy) is 2. The Bertz CT molecular complexity index is 823. The zero-order valence-electron chi connectivity index (χ0n) is 14.5. The van der Waals surface area contributed by atoms with Crippen molar-refractivity contribution in [2.75, 3.05) is 31.0 Å². The van der Waals surface area contributed by atoms with Crippen LogP contribution in [0.2, 0.25) is 5.02 Å². The zero-order chi connectivity index (χ0) is 18.7. The standard InChI is InChI=1S/C19H19ClN2O4/c1-25-15-7-8-17(26-2)16(10-15)22-11-12(9-18(22)23)19(24)21-14-5-3-13(20)4-6-14/h3-8,10,12H,9,11H2,1-2H3,(H,21,24). The van der Waals surface area contributed by atoms with E-state index in [0.717, 1.165) is 0 Å². The third kappa shape index (κ3) is 3.75. The van der Waals surface area contributed by atoms with E-state index in [1.165, 1.54) is 7.11 Å². The molecule has 0 spiro atoms. The molecule has 1 N–H and O–H groups in total. The van der Waals surface area contributed by atoms with Crippen LogP contribution in [0.15, 0.2) is 42.5 Å². The molecule has 1 heterocycles. The quantitative estimate of drug-likeness (QED) is 0.871. The van der Waals surface area contributed by atoms with Gasteiger partial charge in [-0.05, 0) is 36.4 Å². The van der Waals surface area contributed by atoms with Crippen LogP contribution >= 0.6 is 11.6 Å². The molecule has 0 saturated carbocycles. The van der Waals surface area contributed by atoms with Crippen molar-refractivity contribution < 1.29 is 19.1 Å². The number of nitrogens with one attached hydrogen (secondary N) is 1. The summed E-state index contributed by atoms with van der Waals surface area (Å²) in [7, 11) is 3.09. The van der Waals surface area contributed by atoms with Crippen LogP contribution in [0, 0.1) is 5.92 Å². The number of anilines is 2. The number of halogens is 1. The molecule has 2 amide bonds. The molecule has 26 heavy (non-hydrogen) atoms. The molecular weight excluding hydrogens is 356 g/mol. The Hall–Kier alpha value is -2.73. The maximum Gasteiger partial charge on any atom is 0.229 e. The van der Waals surface area contributed by atoms with E-state index in [1.807, 2.05) is 0 Å². The molecule has 7 heteroatoms. The van der Waals surface area contributed by atoms with Crippen molar-refractivity contribution in [3.05, 3.63) is 47.5 Å².